The normalized spacial score (nSPS) is 17.1. The summed E-state index contributed by atoms with van der Waals surface area (Å²) in [6.07, 6.45) is 7.75. The first kappa shape index (κ1) is 35.7. The number of piperidine rings is 1. The fourth-order valence-corrected chi connectivity index (χ4v) is 5.77. The molecule has 2 amide bonds. The first-order valence-corrected chi connectivity index (χ1v) is 16.7. The van der Waals surface area contributed by atoms with Crippen LogP contribution in [0.5, 0.6) is 0 Å². The molecule has 1 aromatic heterocycles. The van der Waals surface area contributed by atoms with Gasteiger partial charge in [-0.25, -0.2) is 29.5 Å². The Hall–Kier alpha value is -4.57. The first-order valence-electron chi connectivity index (χ1n) is 16.3. The third kappa shape index (κ3) is 9.98. The summed E-state index contributed by atoms with van der Waals surface area (Å²) in [5.74, 6) is -0.592. The van der Waals surface area contributed by atoms with Crippen molar-refractivity contribution < 1.29 is 28.3 Å². The monoisotopic (exact) mass is 690 g/mol. The van der Waals surface area contributed by atoms with Crippen LogP contribution in [-0.2, 0) is 25.7 Å². The Morgan fingerprint density at radius 2 is 1.92 bits per heavy atom. The average molecular weight is 691 g/mol. The van der Waals surface area contributed by atoms with E-state index in [2.05, 4.69) is 15.4 Å². The number of carbonyl (C=O) groups is 2. The minimum absolute atomic E-state index is 0.0605. The van der Waals surface area contributed by atoms with Gasteiger partial charge in [0, 0.05) is 50.3 Å². The Morgan fingerprint density at radius 1 is 1.16 bits per heavy atom. The van der Waals surface area contributed by atoms with Crippen LogP contribution >= 0.6 is 11.6 Å². The summed E-state index contributed by atoms with van der Waals surface area (Å²) in [7, 11) is 0. The lowest BCUT2D eigenvalue weighted by Crippen LogP contribution is -2.48. The van der Waals surface area contributed by atoms with E-state index in [1.165, 1.54) is 24.4 Å². The average Bonchev–Trinajstić information content (AvgIpc) is 3.09. The minimum atomic E-state index is -0.670. The number of benzene rings is 2. The maximum absolute atomic E-state index is 14.3. The van der Waals surface area contributed by atoms with Gasteiger partial charge in [0.05, 0.1) is 22.5 Å². The number of anilines is 1. The molecule has 2 aliphatic heterocycles. The van der Waals surface area contributed by atoms with Crippen molar-refractivity contribution in [2.75, 3.05) is 24.6 Å². The zero-order valence-electron chi connectivity index (χ0n) is 27.8. The van der Waals surface area contributed by atoms with Gasteiger partial charge >= 0.3 is 6.09 Å². The summed E-state index contributed by atoms with van der Waals surface area (Å²) in [5.41, 5.74) is 4.22. The van der Waals surface area contributed by atoms with E-state index < -0.39 is 23.8 Å². The fourth-order valence-electron chi connectivity index (χ4n) is 5.57. The number of ether oxygens (including phenoxy) is 2. The van der Waals surface area contributed by atoms with Gasteiger partial charge < -0.3 is 19.3 Å². The number of hydrogen-bond acceptors (Lipinski definition) is 9. The van der Waals surface area contributed by atoms with E-state index >= 15 is 0 Å². The van der Waals surface area contributed by atoms with Crippen molar-refractivity contribution in [1.82, 2.24) is 20.3 Å². The Balaban J connectivity index is 1.22. The molecule has 2 aliphatic rings. The molecule has 3 heterocycles. The molecule has 2 aromatic carbocycles. The molecule has 3 aromatic rings. The lowest BCUT2D eigenvalue weighted by atomic mass is 10.0. The lowest BCUT2D eigenvalue weighted by molar-refractivity contribution is -0.198. The predicted octanol–water partition coefficient (Wildman–Crippen LogP) is 6.80. The molecule has 5 rings (SSSR count). The maximum Gasteiger partial charge on any atom is 0.410 e. The zero-order chi connectivity index (χ0) is 35.0. The Morgan fingerprint density at radius 3 is 2.57 bits per heavy atom. The number of nitrogens with one attached hydrogen (secondary N) is 1. The quantitative estimate of drug-likeness (QED) is 0.190. The first-order chi connectivity index (χ1) is 23.5. The van der Waals surface area contributed by atoms with E-state index in [1.54, 1.807) is 17.0 Å². The molecule has 258 valence electrons. The molecule has 2 fully saturated rings. The van der Waals surface area contributed by atoms with Gasteiger partial charge in [-0.2, -0.15) is 5.26 Å². The third-order valence-corrected chi connectivity index (χ3v) is 8.38. The highest BCUT2D eigenvalue weighted by molar-refractivity contribution is 6.32. The molecule has 13 heteroatoms. The molecular formula is C36H40ClFN6O5. The molecule has 0 radical (unpaired) electrons. The van der Waals surface area contributed by atoms with Gasteiger partial charge in [0.15, 0.2) is 6.29 Å². The number of amides is 2. The number of carbonyl (C=O) groups excluding carboxylic acids is 2. The minimum Gasteiger partial charge on any atom is -0.444 e. The van der Waals surface area contributed by atoms with Crippen LogP contribution in [0.15, 0.2) is 54.7 Å². The lowest BCUT2D eigenvalue weighted by Gasteiger charge is -2.39. The standard InChI is InChI=1S/C36H40ClFN6O5/c1-36(2,3)48-35(46)44(23-25-9-7-24(8-10-25)11-14-31(45)42-49-32-6-4-5-19-47-32)28-15-17-43(18-16-28)34-40-22-29(37)33(41-34)26-12-13-27(21-39)30(38)20-26/h7-14,20,22,28,32H,4-6,15-19,23H2,1-3H3,(H,42,45)/b14-11+. The molecule has 0 bridgehead atoms. The maximum atomic E-state index is 14.3. The number of aromatic nitrogens is 2. The molecule has 2 saturated heterocycles. The van der Waals surface area contributed by atoms with Gasteiger partial charge in [-0.15, -0.1) is 0 Å². The van der Waals surface area contributed by atoms with Gasteiger partial charge in [-0.05, 0) is 75.8 Å². The van der Waals surface area contributed by atoms with Crippen LogP contribution in [-0.4, -0.2) is 64.5 Å². The molecule has 0 saturated carbocycles. The molecule has 11 nitrogen and oxygen atoms in total. The van der Waals surface area contributed by atoms with Gasteiger partial charge in [0.25, 0.3) is 5.91 Å². The Labute approximate surface area is 290 Å². The summed E-state index contributed by atoms with van der Waals surface area (Å²) in [5, 5.41) is 9.34. The van der Waals surface area contributed by atoms with Crippen molar-refractivity contribution in [3.05, 3.63) is 82.3 Å². The number of hydroxylamine groups is 1. The zero-order valence-corrected chi connectivity index (χ0v) is 28.6. The topological polar surface area (TPSA) is 130 Å². The SMILES string of the molecule is CC(C)(C)OC(=O)N(Cc1ccc(/C=C/C(=O)NOC2CCCCO2)cc1)C1CCN(c2ncc(Cl)c(-c3ccc(C#N)c(F)c3)n2)CC1. The predicted molar refractivity (Wildman–Crippen MR) is 182 cm³/mol. The second-order valence-electron chi connectivity index (χ2n) is 13.0. The van der Waals surface area contributed by atoms with E-state index in [0.717, 1.165) is 30.4 Å². The molecular weight excluding hydrogens is 651 g/mol. The van der Waals surface area contributed by atoms with Crippen molar-refractivity contribution in [3.63, 3.8) is 0 Å². The van der Waals surface area contributed by atoms with Crippen molar-refractivity contribution >= 4 is 35.6 Å². The van der Waals surface area contributed by atoms with Crippen molar-refractivity contribution in [2.45, 2.75) is 77.4 Å². The molecule has 0 aliphatic carbocycles. The van der Waals surface area contributed by atoms with E-state index in [9.17, 15) is 14.0 Å². The highest BCUT2D eigenvalue weighted by Gasteiger charge is 2.32. The number of rotatable bonds is 9. The van der Waals surface area contributed by atoms with E-state index in [0.29, 0.717) is 56.3 Å². The van der Waals surface area contributed by atoms with Crippen LogP contribution in [0.2, 0.25) is 5.02 Å². The molecule has 1 N–H and O–H groups in total. The summed E-state index contributed by atoms with van der Waals surface area (Å²) in [6.45, 7) is 7.61. The highest BCUT2D eigenvalue weighted by atomic mass is 35.5. The summed E-state index contributed by atoms with van der Waals surface area (Å²) >= 11 is 6.39. The Bertz CT molecular complexity index is 1690. The van der Waals surface area contributed by atoms with Gasteiger partial charge in [-0.3, -0.25) is 4.79 Å². The van der Waals surface area contributed by atoms with Crippen molar-refractivity contribution in [2.24, 2.45) is 0 Å². The number of hydrogen-bond donors (Lipinski definition) is 1. The van der Waals surface area contributed by atoms with Crippen LogP contribution in [0.25, 0.3) is 17.3 Å². The van der Waals surface area contributed by atoms with Crippen LogP contribution < -0.4 is 10.4 Å². The fraction of sp³-hybridized carbons (Fsp3) is 0.417. The van der Waals surface area contributed by atoms with Crippen LogP contribution in [0.3, 0.4) is 0 Å². The van der Waals surface area contributed by atoms with Crippen LogP contribution in [0.1, 0.15) is 69.6 Å². The second kappa shape index (κ2) is 16.2. The van der Waals surface area contributed by atoms with E-state index in [1.807, 2.05) is 56.0 Å². The van der Waals surface area contributed by atoms with Gasteiger partial charge in [-0.1, -0.05) is 41.9 Å². The van der Waals surface area contributed by atoms with Gasteiger partial charge in [0.1, 0.15) is 17.5 Å². The van der Waals surface area contributed by atoms with Crippen molar-refractivity contribution in [3.8, 4) is 17.3 Å². The number of nitrogens with zero attached hydrogens (tertiary/aromatic N) is 5. The van der Waals surface area contributed by atoms with Crippen molar-refractivity contribution in [1.29, 1.82) is 5.26 Å². The third-order valence-electron chi connectivity index (χ3n) is 8.10. The number of nitriles is 1. The Kier molecular flexibility index (Phi) is 11.8. The molecule has 1 atom stereocenters. The van der Waals surface area contributed by atoms with Crippen LogP contribution in [0, 0.1) is 17.1 Å². The summed E-state index contributed by atoms with van der Waals surface area (Å²) in [6, 6.07) is 13.6. The highest BCUT2D eigenvalue weighted by Crippen LogP contribution is 2.30. The molecule has 0 spiro atoms. The molecule has 49 heavy (non-hydrogen) atoms. The largest absolute Gasteiger partial charge is 0.444 e. The van der Waals surface area contributed by atoms with E-state index in [-0.39, 0.29) is 22.5 Å². The summed E-state index contributed by atoms with van der Waals surface area (Å²) < 4.78 is 25.6. The summed E-state index contributed by atoms with van der Waals surface area (Å²) in [4.78, 5) is 43.8. The van der Waals surface area contributed by atoms with Crippen LogP contribution in [0.4, 0.5) is 15.1 Å². The molecule has 1 unspecified atom stereocenters. The second-order valence-corrected chi connectivity index (χ2v) is 13.4. The van der Waals surface area contributed by atoms with E-state index in [4.69, 9.17) is 31.2 Å². The smallest absolute Gasteiger partial charge is 0.410 e. The van der Waals surface area contributed by atoms with Gasteiger partial charge in [0.2, 0.25) is 5.95 Å². The number of halogens is 2.